The molecule has 5 heteroatoms. The molecule has 0 heterocycles. The van der Waals surface area contributed by atoms with E-state index >= 15 is 0 Å². The minimum Gasteiger partial charge on any atom is -0.468 e. The quantitative estimate of drug-likeness (QED) is 0.630. The zero-order chi connectivity index (χ0) is 11.4. The number of nitrogens with two attached hydrogens (primary N) is 1. The predicted octanol–water partition coefficient (Wildman–Crippen LogP) is -0.397. The number of carbonyl (C=O) groups excluding carboxylic acids is 2. The molecule has 5 nitrogen and oxygen atoms in total. The van der Waals surface area contributed by atoms with E-state index in [4.69, 9.17) is 5.73 Å². The summed E-state index contributed by atoms with van der Waals surface area (Å²) in [6.45, 7) is 3.68. The number of amides is 1. The van der Waals surface area contributed by atoms with E-state index in [9.17, 15) is 9.59 Å². The maximum absolute atomic E-state index is 11.7. The van der Waals surface area contributed by atoms with Crippen LogP contribution in [0.15, 0.2) is 0 Å². The normalized spacial score (nSPS) is 10.9. The third-order valence-electron chi connectivity index (χ3n) is 2.03. The molecule has 0 saturated carbocycles. The van der Waals surface area contributed by atoms with Gasteiger partial charge in [0.1, 0.15) is 6.54 Å². The summed E-state index contributed by atoms with van der Waals surface area (Å²) < 4.78 is 4.45. The lowest BCUT2D eigenvalue weighted by Gasteiger charge is -2.27. The van der Waals surface area contributed by atoms with Gasteiger partial charge in [-0.15, -0.1) is 0 Å². The van der Waals surface area contributed by atoms with Crippen molar-refractivity contribution in [3.05, 3.63) is 0 Å². The molecule has 0 bridgehead atoms. The van der Waals surface area contributed by atoms with Crippen molar-refractivity contribution in [2.45, 2.75) is 13.8 Å². The molecule has 1 amide bonds. The first-order valence-corrected chi connectivity index (χ1v) is 4.37. The Morgan fingerprint density at radius 3 is 2.29 bits per heavy atom. The first-order chi connectivity index (χ1) is 6.35. The Kier molecular flexibility index (Phi) is 4.56. The van der Waals surface area contributed by atoms with E-state index in [0.717, 1.165) is 0 Å². The molecule has 0 aromatic carbocycles. The molecule has 0 spiro atoms. The largest absolute Gasteiger partial charge is 0.468 e. The van der Waals surface area contributed by atoms with Crippen molar-refractivity contribution in [2.75, 3.05) is 27.2 Å². The minimum absolute atomic E-state index is 0.0429. The molecule has 0 atom stereocenters. The molecule has 14 heavy (non-hydrogen) atoms. The molecule has 0 rings (SSSR count). The van der Waals surface area contributed by atoms with Gasteiger partial charge in [-0.1, -0.05) is 0 Å². The molecule has 0 aliphatic heterocycles. The van der Waals surface area contributed by atoms with Crippen LogP contribution in [-0.4, -0.2) is 44.0 Å². The second kappa shape index (κ2) is 4.95. The topological polar surface area (TPSA) is 72.6 Å². The Morgan fingerprint density at radius 1 is 1.43 bits per heavy atom. The summed E-state index contributed by atoms with van der Waals surface area (Å²) in [7, 11) is 2.84. The van der Waals surface area contributed by atoms with E-state index in [0.29, 0.717) is 0 Å². The Balaban J connectivity index is 4.33. The molecule has 0 fully saturated rings. The molecule has 0 saturated heterocycles. The van der Waals surface area contributed by atoms with Gasteiger partial charge in [0.2, 0.25) is 5.91 Å². The van der Waals surface area contributed by atoms with Crippen LogP contribution in [-0.2, 0) is 14.3 Å². The number of ether oxygens (including phenoxy) is 1. The van der Waals surface area contributed by atoms with Crippen LogP contribution in [0, 0.1) is 5.41 Å². The first kappa shape index (κ1) is 12.9. The molecule has 82 valence electrons. The van der Waals surface area contributed by atoms with Crippen LogP contribution in [0.1, 0.15) is 13.8 Å². The number of esters is 1. The lowest BCUT2D eigenvalue weighted by atomic mass is 9.92. The van der Waals surface area contributed by atoms with E-state index in [2.05, 4.69) is 4.74 Å². The fourth-order valence-electron chi connectivity index (χ4n) is 0.934. The highest BCUT2D eigenvalue weighted by Crippen LogP contribution is 2.15. The molecule has 0 radical (unpaired) electrons. The molecule has 0 aliphatic rings. The van der Waals surface area contributed by atoms with E-state index in [1.54, 1.807) is 20.9 Å². The Bertz CT molecular complexity index is 226. The van der Waals surface area contributed by atoms with Gasteiger partial charge < -0.3 is 15.4 Å². The number of hydrogen-bond donors (Lipinski definition) is 1. The van der Waals surface area contributed by atoms with Crippen LogP contribution in [0.4, 0.5) is 0 Å². The highest BCUT2D eigenvalue weighted by Gasteiger charge is 2.29. The van der Waals surface area contributed by atoms with Gasteiger partial charge in [-0.3, -0.25) is 9.59 Å². The van der Waals surface area contributed by atoms with Gasteiger partial charge in [0.15, 0.2) is 0 Å². The molecular formula is C9H18N2O3. The highest BCUT2D eigenvalue weighted by atomic mass is 16.5. The fraction of sp³-hybridized carbons (Fsp3) is 0.778. The Hall–Kier alpha value is -1.10. The van der Waals surface area contributed by atoms with E-state index in [-0.39, 0.29) is 19.0 Å². The lowest BCUT2D eigenvalue weighted by Crippen LogP contribution is -2.44. The number of rotatable bonds is 4. The van der Waals surface area contributed by atoms with Crippen molar-refractivity contribution >= 4 is 11.9 Å². The lowest BCUT2D eigenvalue weighted by molar-refractivity contribution is -0.149. The third kappa shape index (κ3) is 3.33. The van der Waals surface area contributed by atoms with Crippen molar-refractivity contribution in [1.82, 2.24) is 4.90 Å². The maximum Gasteiger partial charge on any atom is 0.325 e. The molecular weight excluding hydrogens is 184 g/mol. The summed E-state index contributed by atoms with van der Waals surface area (Å²) >= 11 is 0. The van der Waals surface area contributed by atoms with Gasteiger partial charge in [0.05, 0.1) is 12.5 Å². The van der Waals surface area contributed by atoms with Crippen molar-refractivity contribution in [2.24, 2.45) is 11.1 Å². The summed E-state index contributed by atoms with van der Waals surface area (Å²) in [4.78, 5) is 23.9. The highest BCUT2D eigenvalue weighted by molar-refractivity contribution is 5.85. The molecule has 0 aromatic heterocycles. The minimum atomic E-state index is -0.636. The van der Waals surface area contributed by atoms with Gasteiger partial charge >= 0.3 is 5.97 Å². The molecule has 0 aromatic rings. The second-order valence-corrected chi connectivity index (χ2v) is 3.83. The average molecular weight is 202 g/mol. The Morgan fingerprint density at radius 2 is 1.93 bits per heavy atom. The van der Waals surface area contributed by atoms with E-state index < -0.39 is 11.4 Å². The molecule has 0 unspecified atom stereocenters. The van der Waals surface area contributed by atoms with Crippen LogP contribution < -0.4 is 5.73 Å². The first-order valence-electron chi connectivity index (χ1n) is 4.37. The van der Waals surface area contributed by atoms with Gasteiger partial charge in [-0.25, -0.2) is 0 Å². The van der Waals surface area contributed by atoms with E-state index in [1.807, 2.05) is 0 Å². The maximum atomic E-state index is 11.7. The molecule has 0 aliphatic carbocycles. The summed E-state index contributed by atoms with van der Waals surface area (Å²) in [5.41, 5.74) is 4.81. The van der Waals surface area contributed by atoms with Crippen LogP contribution in [0.5, 0.6) is 0 Å². The number of likely N-dealkylation sites (N-methyl/N-ethyl adjacent to an activating group) is 1. The summed E-state index contributed by atoms with van der Waals surface area (Å²) in [6, 6.07) is 0. The monoisotopic (exact) mass is 202 g/mol. The standard InChI is InChI=1S/C9H18N2O3/c1-9(2,6-10)8(13)11(3)5-7(12)14-4/h5-6,10H2,1-4H3. The third-order valence-corrected chi connectivity index (χ3v) is 2.03. The van der Waals surface area contributed by atoms with Gasteiger partial charge in [0, 0.05) is 13.6 Å². The smallest absolute Gasteiger partial charge is 0.325 e. The second-order valence-electron chi connectivity index (χ2n) is 3.83. The van der Waals surface area contributed by atoms with Crippen LogP contribution in [0.25, 0.3) is 0 Å². The van der Waals surface area contributed by atoms with Gasteiger partial charge in [-0.05, 0) is 13.8 Å². The summed E-state index contributed by atoms with van der Waals surface area (Å²) in [5.74, 6) is -0.598. The zero-order valence-electron chi connectivity index (χ0n) is 9.16. The number of methoxy groups -OCH3 is 1. The zero-order valence-corrected chi connectivity index (χ0v) is 9.16. The Labute approximate surface area is 84.2 Å². The van der Waals surface area contributed by atoms with Crippen LogP contribution in [0.3, 0.4) is 0 Å². The summed E-state index contributed by atoms with van der Waals surface area (Å²) in [5, 5.41) is 0. The fourth-order valence-corrected chi connectivity index (χ4v) is 0.934. The van der Waals surface area contributed by atoms with Crippen molar-refractivity contribution < 1.29 is 14.3 Å². The van der Waals surface area contributed by atoms with Gasteiger partial charge in [0.25, 0.3) is 0 Å². The SMILES string of the molecule is COC(=O)CN(C)C(=O)C(C)(C)CN. The van der Waals surface area contributed by atoms with Gasteiger partial charge in [-0.2, -0.15) is 0 Å². The van der Waals surface area contributed by atoms with Crippen molar-refractivity contribution in [3.8, 4) is 0 Å². The molecule has 2 N–H and O–H groups in total. The van der Waals surface area contributed by atoms with Crippen molar-refractivity contribution in [1.29, 1.82) is 0 Å². The number of hydrogen-bond acceptors (Lipinski definition) is 4. The van der Waals surface area contributed by atoms with Crippen LogP contribution >= 0.6 is 0 Å². The number of nitrogens with zero attached hydrogens (tertiary/aromatic N) is 1. The van der Waals surface area contributed by atoms with Crippen LogP contribution in [0.2, 0.25) is 0 Å². The number of carbonyl (C=O) groups is 2. The van der Waals surface area contributed by atoms with E-state index in [1.165, 1.54) is 12.0 Å². The van der Waals surface area contributed by atoms with Crippen molar-refractivity contribution in [3.63, 3.8) is 0 Å². The predicted molar refractivity (Wildman–Crippen MR) is 52.5 cm³/mol. The summed E-state index contributed by atoms with van der Waals surface area (Å²) in [6.07, 6.45) is 0. The average Bonchev–Trinajstić information content (AvgIpc) is 2.16.